The number of benzene rings is 1. The van der Waals surface area contributed by atoms with E-state index in [1.807, 2.05) is 24.3 Å². The highest BCUT2D eigenvalue weighted by atomic mass is 16.5. The number of ketones is 1. The first-order valence-electron chi connectivity index (χ1n) is 6.55. The summed E-state index contributed by atoms with van der Waals surface area (Å²) in [6, 6.07) is 7.77. The normalized spacial score (nSPS) is 17.4. The number of ether oxygens (including phenoxy) is 1. The van der Waals surface area contributed by atoms with Gasteiger partial charge < -0.3 is 4.74 Å². The predicted octanol–water partition coefficient (Wildman–Crippen LogP) is 3.71. The van der Waals surface area contributed by atoms with E-state index in [1.165, 1.54) is 25.7 Å². The van der Waals surface area contributed by atoms with Crippen molar-refractivity contribution in [2.24, 2.45) is 11.8 Å². The molecule has 0 saturated heterocycles. The maximum Gasteiger partial charge on any atom is 0.139 e. The molecule has 2 saturated carbocycles. The summed E-state index contributed by atoms with van der Waals surface area (Å²) in [6.45, 7) is 3.65. The minimum Gasteiger partial charge on any atom is -0.497 e. The Bertz CT molecular complexity index is 414. The molecule has 18 heavy (non-hydrogen) atoms. The average Bonchev–Trinajstić information content (AvgIpc) is 3.31. The molecule has 2 heteroatoms. The molecule has 0 aliphatic heterocycles. The van der Waals surface area contributed by atoms with Crippen LogP contribution in [0.2, 0.25) is 0 Å². The third kappa shape index (κ3) is 3.73. The molecular weight excluding hydrogens is 224 g/mol. The third-order valence-electron chi connectivity index (χ3n) is 3.29. The van der Waals surface area contributed by atoms with E-state index < -0.39 is 0 Å². The fourth-order valence-electron chi connectivity index (χ4n) is 1.84. The zero-order chi connectivity index (χ0) is 13.0. The molecule has 1 aromatic rings. The van der Waals surface area contributed by atoms with Gasteiger partial charge in [-0.05, 0) is 43.4 Å². The van der Waals surface area contributed by atoms with E-state index in [0.29, 0.717) is 17.6 Å². The second kappa shape index (κ2) is 5.85. The van der Waals surface area contributed by atoms with Crippen molar-refractivity contribution in [3.05, 3.63) is 36.4 Å². The molecule has 0 amide bonds. The molecule has 0 spiro atoms. The molecular formula is C16H20O2. The van der Waals surface area contributed by atoms with Gasteiger partial charge >= 0.3 is 0 Å². The third-order valence-corrected chi connectivity index (χ3v) is 3.29. The van der Waals surface area contributed by atoms with Gasteiger partial charge in [-0.1, -0.05) is 24.8 Å². The van der Waals surface area contributed by atoms with Gasteiger partial charge in [-0.3, -0.25) is 4.79 Å². The van der Waals surface area contributed by atoms with Gasteiger partial charge in [0, 0.05) is 11.8 Å². The summed E-state index contributed by atoms with van der Waals surface area (Å²) in [5, 5.41) is 0. The van der Waals surface area contributed by atoms with Crippen LogP contribution in [0.5, 0.6) is 5.75 Å². The smallest absolute Gasteiger partial charge is 0.139 e. The molecule has 0 bridgehead atoms. The molecule has 3 rings (SSSR count). The minimum absolute atomic E-state index is 0.516. The zero-order valence-corrected chi connectivity index (χ0v) is 10.9. The molecule has 0 unspecified atom stereocenters. The molecule has 2 fully saturated rings. The van der Waals surface area contributed by atoms with Crippen LogP contribution in [-0.2, 0) is 4.79 Å². The Labute approximate surface area is 109 Å². The highest BCUT2D eigenvalue weighted by Gasteiger charge is 2.39. The summed E-state index contributed by atoms with van der Waals surface area (Å²) in [4.78, 5) is 11.0. The van der Waals surface area contributed by atoms with Crippen molar-refractivity contribution < 1.29 is 9.53 Å². The summed E-state index contributed by atoms with van der Waals surface area (Å²) in [6.07, 6.45) is 6.55. The van der Waals surface area contributed by atoms with E-state index in [9.17, 15) is 4.79 Å². The molecule has 0 aromatic heterocycles. The first-order valence-corrected chi connectivity index (χ1v) is 6.55. The Hall–Kier alpha value is -1.57. The minimum atomic E-state index is 0.516. The van der Waals surface area contributed by atoms with E-state index in [0.717, 1.165) is 11.3 Å². The lowest BCUT2D eigenvalue weighted by Crippen LogP contribution is -2.01. The average molecular weight is 244 g/mol. The maximum absolute atomic E-state index is 11.0. The second-order valence-corrected chi connectivity index (χ2v) is 4.93. The van der Waals surface area contributed by atoms with Crippen molar-refractivity contribution in [2.75, 3.05) is 7.11 Å². The molecule has 1 aromatic carbocycles. The van der Waals surface area contributed by atoms with Crippen molar-refractivity contribution >= 4 is 11.9 Å². The molecule has 2 aliphatic rings. The van der Waals surface area contributed by atoms with Crippen LogP contribution in [0.4, 0.5) is 0 Å². The van der Waals surface area contributed by atoms with E-state index in [2.05, 4.69) is 6.58 Å². The SMILES string of the molecule is C=Cc1cccc(OC)c1.O=C(C1CC1)C1CC1. The number of Topliss-reactive ketones (excluding diaryl/α,β-unsaturated/α-hetero) is 1. The maximum atomic E-state index is 11.0. The number of carbonyl (C=O) groups is 1. The monoisotopic (exact) mass is 244 g/mol. The molecule has 96 valence electrons. The predicted molar refractivity (Wildman–Crippen MR) is 73.5 cm³/mol. The molecule has 0 atom stereocenters. The second-order valence-electron chi connectivity index (χ2n) is 4.93. The van der Waals surface area contributed by atoms with Crippen LogP contribution in [0.15, 0.2) is 30.8 Å². The van der Waals surface area contributed by atoms with Crippen LogP contribution in [0.25, 0.3) is 6.08 Å². The van der Waals surface area contributed by atoms with Gasteiger partial charge in [-0.25, -0.2) is 0 Å². The Morgan fingerprint density at radius 3 is 2.33 bits per heavy atom. The number of methoxy groups -OCH3 is 1. The first kappa shape index (κ1) is 12.9. The molecule has 2 aliphatic carbocycles. The van der Waals surface area contributed by atoms with Gasteiger partial charge in [0.15, 0.2) is 0 Å². The quantitative estimate of drug-likeness (QED) is 0.807. The first-order chi connectivity index (χ1) is 8.74. The van der Waals surface area contributed by atoms with Crippen LogP contribution in [0.3, 0.4) is 0 Å². The van der Waals surface area contributed by atoms with E-state index in [1.54, 1.807) is 13.2 Å². The Balaban J connectivity index is 0.000000136. The van der Waals surface area contributed by atoms with Gasteiger partial charge in [0.25, 0.3) is 0 Å². The largest absolute Gasteiger partial charge is 0.497 e. The van der Waals surface area contributed by atoms with Crippen LogP contribution in [0, 0.1) is 11.8 Å². The van der Waals surface area contributed by atoms with E-state index >= 15 is 0 Å². The van der Waals surface area contributed by atoms with Gasteiger partial charge in [0.1, 0.15) is 11.5 Å². The summed E-state index contributed by atoms with van der Waals surface area (Å²) in [5.41, 5.74) is 1.08. The van der Waals surface area contributed by atoms with Crippen LogP contribution in [0.1, 0.15) is 31.2 Å². The van der Waals surface area contributed by atoms with Gasteiger partial charge in [-0.2, -0.15) is 0 Å². The van der Waals surface area contributed by atoms with Gasteiger partial charge in [0.2, 0.25) is 0 Å². The zero-order valence-electron chi connectivity index (χ0n) is 10.9. The molecule has 0 radical (unpaired) electrons. The fourth-order valence-corrected chi connectivity index (χ4v) is 1.84. The van der Waals surface area contributed by atoms with Crippen LogP contribution in [-0.4, -0.2) is 12.9 Å². The summed E-state index contributed by atoms with van der Waals surface area (Å²) < 4.78 is 5.01. The van der Waals surface area contributed by atoms with Crippen LogP contribution < -0.4 is 4.74 Å². The highest BCUT2D eigenvalue weighted by molar-refractivity contribution is 5.87. The van der Waals surface area contributed by atoms with Crippen LogP contribution >= 0.6 is 0 Å². The molecule has 0 N–H and O–H groups in total. The van der Waals surface area contributed by atoms with Gasteiger partial charge in [0.05, 0.1) is 7.11 Å². The summed E-state index contributed by atoms with van der Waals surface area (Å²) >= 11 is 0. The topological polar surface area (TPSA) is 26.3 Å². The highest BCUT2D eigenvalue weighted by Crippen LogP contribution is 2.40. The number of hydrogen-bond donors (Lipinski definition) is 0. The molecule has 0 heterocycles. The Kier molecular flexibility index (Phi) is 4.19. The summed E-state index contributed by atoms with van der Waals surface area (Å²) in [5.74, 6) is 2.48. The van der Waals surface area contributed by atoms with Gasteiger partial charge in [-0.15, -0.1) is 0 Å². The number of hydrogen-bond acceptors (Lipinski definition) is 2. The van der Waals surface area contributed by atoms with Crippen molar-refractivity contribution in [3.8, 4) is 5.75 Å². The standard InChI is InChI=1S/C9H10O.C7H10O/c1-3-8-5-4-6-9(7-8)10-2;8-7(5-1-2-5)6-3-4-6/h3-7H,1H2,2H3;5-6H,1-4H2. The van der Waals surface area contributed by atoms with Crippen molar-refractivity contribution in [2.45, 2.75) is 25.7 Å². The Morgan fingerprint density at radius 1 is 1.28 bits per heavy atom. The van der Waals surface area contributed by atoms with E-state index in [-0.39, 0.29) is 0 Å². The van der Waals surface area contributed by atoms with E-state index in [4.69, 9.17) is 4.74 Å². The van der Waals surface area contributed by atoms with Crippen molar-refractivity contribution in [3.63, 3.8) is 0 Å². The number of carbonyl (C=O) groups excluding carboxylic acids is 1. The summed E-state index contributed by atoms with van der Waals surface area (Å²) in [7, 11) is 1.65. The number of rotatable bonds is 4. The molecule has 2 nitrogen and oxygen atoms in total. The lowest BCUT2D eigenvalue weighted by molar-refractivity contribution is -0.121. The fraction of sp³-hybridized carbons (Fsp3) is 0.438. The lowest BCUT2D eigenvalue weighted by Gasteiger charge is -1.98. The van der Waals surface area contributed by atoms with Crippen molar-refractivity contribution in [1.82, 2.24) is 0 Å². The lowest BCUT2D eigenvalue weighted by atomic mass is 10.2. The Morgan fingerprint density at radius 2 is 1.89 bits per heavy atom. The van der Waals surface area contributed by atoms with Crippen molar-refractivity contribution in [1.29, 1.82) is 0 Å².